The summed E-state index contributed by atoms with van der Waals surface area (Å²) >= 11 is 0. The van der Waals surface area contributed by atoms with Crippen molar-refractivity contribution < 1.29 is 9.90 Å². The van der Waals surface area contributed by atoms with Crippen molar-refractivity contribution in [2.24, 2.45) is 0 Å². The first-order valence-electron chi connectivity index (χ1n) is 5.61. The summed E-state index contributed by atoms with van der Waals surface area (Å²) in [4.78, 5) is 14.7. The highest BCUT2D eigenvalue weighted by Gasteiger charge is 2.16. The van der Waals surface area contributed by atoms with Gasteiger partial charge in [0.05, 0.1) is 0 Å². The van der Waals surface area contributed by atoms with Crippen LogP contribution >= 0.6 is 0 Å². The van der Waals surface area contributed by atoms with Crippen molar-refractivity contribution in [2.75, 3.05) is 26.0 Å². The van der Waals surface area contributed by atoms with Gasteiger partial charge in [-0.15, -0.1) is 0 Å². The van der Waals surface area contributed by atoms with Crippen molar-refractivity contribution in [1.82, 2.24) is 4.90 Å². The summed E-state index contributed by atoms with van der Waals surface area (Å²) in [5, 5.41) is 8.90. The first kappa shape index (κ1) is 13.5. The molecule has 0 fully saturated rings. The molecule has 0 saturated heterocycles. The van der Waals surface area contributed by atoms with Gasteiger partial charge in [0.25, 0.3) is 0 Å². The zero-order chi connectivity index (χ0) is 13.0. The number of likely N-dealkylation sites (N-methyl/N-ethyl adjacent to an activating group) is 1. The normalized spacial score (nSPS) is 12.5. The van der Waals surface area contributed by atoms with Crippen molar-refractivity contribution >= 4 is 11.7 Å². The van der Waals surface area contributed by atoms with E-state index < -0.39 is 12.0 Å². The number of carboxylic acids is 1. The summed E-state index contributed by atoms with van der Waals surface area (Å²) in [6.45, 7) is 2.33. The Balaban J connectivity index is 2.66. The molecule has 1 atom stereocenters. The molecule has 0 aliphatic carbocycles. The van der Waals surface area contributed by atoms with Crippen LogP contribution in [0.3, 0.4) is 0 Å². The van der Waals surface area contributed by atoms with Crippen molar-refractivity contribution in [2.45, 2.75) is 19.5 Å². The largest absolute Gasteiger partial charge is 0.480 e. The number of carboxylic acid groups (broad SMARTS) is 1. The van der Waals surface area contributed by atoms with Crippen LogP contribution in [0.1, 0.15) is 12.5 Å². The van der Waals surface area contributed by atoms with Crippen LogP contribution in [-0.4, -0.2) is 43.2 Å². The van der Waals surface area contributed by atoms with Crippen LogP contribution in [0.2, 0.25) is 0 Å². The van der Waals surface area contributed by atoms with E-state index in [9.17, 15) is 4.79 Å². The summed E-state index contributed by atoms with van der Waals surface area (Å²) in [5.41, 5.74) is 2.26. The Morgan fingerprint density at radius 3 is 2.18 bits per heavy atom. The lowest BCUT2D eigenvalue weighted by atomic mass is 10.1. The molecule has 0 saturated carbocycles. The van der Waals surface area contributed by atoms with Crippen LogP contribution in [0, 0.1) is 0 Å². The van der Waals surface area contributed by atoms with E-state index in [1.54, 1.807) is 6.92 Å². The Morgan fingerprint density at radius 2 is 1.76 bits per heavy atom. The molecule has 0 heterocycles. The van der Waals surface area contributed by atoms with E-state index in [-0.39, 0.29) is 0 Å². The number of carbonyl (C=O) groups is 1. The minimum absolute atomic E-state index is 0.469. The van der Waals surface area contributed by atoms with E-state index in [2.05, 4.69) is 0 Å². The fraction of sp³-hybridized carbons (Fsp3) is 0.462. The number of hydrogen-bond donors (Lipinski definition) is 1. The second-order valence-electron chi connectivity index (χ2n) is 4.49. The van der Waals surface area contributed by atoms with Gasteiger partial charge in [-0.2, -0.15) is 0 Å². The number of anilines is 1. The van der Waals surface area contributed by atoms with Gasteiger partial charge in [0.1, 0.15) is 6.04 Å². The van der Waals surface area contributed by atoms with Gasteiger partial charge in [-0.1, -0.05) is 12.1 Å². The van der Waals surface area contributed by atoms with Gasteiger partial charge in [0.2, 0.25) is 0 Å². The average molecular weight is 236 g/mol. The van der Waals surface area contributed by atoms with Crippen LogP contribution in [0.15, 0.2) is 24.3 Å². The van der Waals surface area contributed by atoms with Crippen LogP contribution in [-0.2, 0) is 11.3 Å². The van der Waals surface area contributed by atoms with Gasteiger partial charge in [0.15, 0.2) is 0 Å². The summed E-state index contributed by atoms with van der Waals surface area (Å²) in [6, 6.07) is 7.66. The third-order valence-electron chi connectivity index (χ3n) is 2.90. The maximum absolute atomic E-state index is 10.8. The number of aliphatic carboxylic acids is 1. The lowest BCUT2D eigenvalue weighted by Gasteiger charge is -2.21. The van der Waals surface area contributed by atoms with E-state index in [1.807, 2.05) is 55.2 Å². The van der Waals surface area contributed by atoms with E-state index in [4.69, 9.17) is 5.11 Å². The number of rotatable bonds is 5. The molecule has 1 aromatic rings. The molecule has 0 aromatic heterocycles. The SMILES string of the molecule is CC(C(=O)O)N(C)Cc1ccc(N(C)C)cc1. The highest BCUT2D eigenvalue weighted by molar-refractivity contribution is 5.72. The molecule has 0 spiro atoms. The Morgan fingerprint density at radius 1 is 1.24 bits per heavy atom. The topological polar surface area (TPSA) is 43.8 Å². The Bertz CT molecular complexity index is 374. The second kappa shape index (κ2) is 5.68. The predicted octanol–water partition coefficient (Wildman–Crippen LogP) is 1.66. The molecular weight excluding hydrogens is 216 g/mol. The van der Waals surface area contributed by atoms with Crippen LogP contribution < -0.4 is 4.90 Å². The third-order valence-corrected chi connectivity index (χ3v) is 2.90. The smallest absolute Gasteiger partial charge is 0.320 e. The molecule has 1 aromatic carbocycles. The monoisotopic (exact) mass is 236 g/mol. The van der Waals surface area contributed by atoms with E-state index in [1.165, 1.54) is 0 Å². The molecule has 4 heteroatoms. The van der Waals surface area contributed by atoms with E-state index in [0.717, 1.165) is 11.3 Å². The molecule has 94 valence electrons. The maximum Gasteiger partial charge on any atom is 0.320 e. The summed E-state index contributed by atoms with van der Waals surface area (Å²) in [7, 11) is 5.81. The van der Waals surface area contributed by atoms with Gasteiger partial charge in [0, 0.05) is 26.3 Å². The Labute approximate surface area is 102 Å². The number of benzene rings is 1. The van der Waals surface area contributed by atoms with Crippen LogP contribution in [0.4, 0.5) is 5.69 Å². The highest BCUT2D eigenvalue weighted by atomic mass is 16.4. The summed E-state index contributed by atoms with van der Waals surface area (Å²) in [6.07, 6.45) is 0. The zero-order valence-electron chi connectivity index (χ0n) is 10.8. The van der Waals surface area contributed by atoms with Crippen molar-refractivity contribution in [3.05, 3.63) is 29.8 Å². The van der Waals surface area contributed by atoms with E-state index in [0.29, 0.717) is 6.54 Å². The molecule has 1 N–H and O–H groups in total. The molecule has 0 aliphatic rings. The van der Waals surface area contributed by atoms with Crippen molar-refractivity contribution in [1.29, 1.82) is 0 Å². The third kappa shape index (κ3) is 3.75. The molecule has 4 nitrogen and oxygen atoms in total. The number of nitrogens with zero attached hydrogens (tertiary/aromatic N) is 2. The molecule has 0 radical (unpaired) electrons. The van der Waals surface area contributed by atoms with Gasteiger partial charge < -0.3 is 10.0 Å². The predicted molar refractivity (Wildman–Crippen MR) is 69.3 cm³/mol. The molecule has 1 rings (SSSR count). The molecule has 0 aliphatic heterocycles. The zero-order valence-corrected chi connectivity index (χ0v) is 10.8. The fourth-order valence-corrected chi connectivity index (χ4v) is 1.51. The van der Waals surface area contributed by atoms with E-state index >= 15 is 0 Å². The molecule has 17 heavy (non-hydrogen) atoms. The number of hydrogen-bond acceptors (Lipinski definition) is 3. The van der Waals surface area contributed by atoms with Gasteiger partial charge in [-0.05, 0) is 31.7 Å². The Kier molecular flexibility index (Phi) is 4.52. The Hall–Kier alpha value is -1.55. The van der Waals surface area contributed by atoms with Gasteiger partial charge in [-0.25, -0.2) is 0 Å². The quantitative estimate of drug-likeness (QED) is 0.844. The standard InChI is InChI=1S/C13H20N2O2/c1-10(13(16)17)15(4)9-11-5-7-12(8-6-11)14(2)3/h5-8,10H,9H2,1-4H3,(H,16,17). The first-order chi connectivity index (χ1) is 7.91. The fourth-order valence-electron chi connectivity index (χ4n) is 1.51. The lowest BCUT2D eigenvalue weighted by molar-refractivity contribution is -0.142. The highest BCUT2D eigenvalue weighted by Crippen LogP contribution is 2.14. The van der Waals surface area contributed by atoms with Crippen LogP contribution in [0.5, 0.6) is 0 Å². The summed E-state index contributed by atoms with van der Waals surface area (Å²) < 4.78 is 0. The maximum atomic E-state index is 10.8. The second-order valence-corrected chi connectivity index (χ2v) is 4.49. The van der Waals surface area contributed by atoms with Gasteiger partial charge >= 0.3 is 5.97 Å². The van der Waals surface area contributed by atoms with Crippen molar-refractivity contribution in [3.8, 4) is 0 Å². The minimum atomic E-state index is -0.794. The molecular formula is C13H20N2O2. The lowest BCUT2D eigenvalue weighted by Crippen LogP contribution is -2.35. The first-order valence-corrected chi connectivity index (χ1v) is 5.61. The van der Waals surface area contributed by atoms with Crippen molar-refractivity contribution in [3.63, 3.8) is 0 Å². The molecule has 0 bridgehead atoms. The van der Waals surface area contributed by atoms with Gasteiger partial charge in [-0.3, -0.25) is 9.69 Å². The van der Waals surface area contributed by atoms with Crippen LogP contribution in [0.25, 0.3) is 0 Å². The summed E-state index contributed by atoms with van der Waals surface area (Å²) in [5.74, 6) is -0.794. The molecule has 0 amide bonds. The average Bonchev–Trinajstić information content (AvgIpc) is 2.28. The minimum Gasteiger partial charge on any atom is -0.480 e. The molecule has 1 unspecified atom stereocenters.